The Balaban J connectivity index is 1.62. The lowest BCUT2D eigenvalue weighted by Crippen LogP contribution is -2.49. The maximum atomic E-state index is 13.4. The van der Waals surface area contributed by atoms with Crippen LogP contribution in [0.25, 0.3) is 0 Å². The van der Waals surface area contributed by atoms with E-state index in [2.05, 4.69) is 43.4 Å². The van der Waals surface area contributed by atoms with Gasteiger partial charge in [0, 0.05) is 13.5 Å². The van der Waals surface area contributed by atoms with Crippen molar-refractivity contribution in [3.05, 3.63) is 71.3 Å². The molecule has 2 amide bonds. The van der Waals surface area contributed by atoms with Gasteiger partial charge in [-0.1, -0.05) is 68.4 Å². The predicted molar refractivity (Wildman–Crippen MR) is 114 cm³/mol. The van der Waals surface area contributed by atoms with E-state index in [-0.39, 0.29) is 23.9 Å². The predicted octanol–water partition coefficient (Wildman–Crippen LogP) is 4.27. The molecule has 0 radical (unpaired) electrons. The number of benzene rings is 2. The molecule has 1 saturated carbocycles. The molecule has 152 valence electrons. The van der Waals surface area contributed by atoms with Crippen LogP contribution in [0.4, 0.5) is 0 Å². The summed E-state index contributed by atoms with van der Waals surface area (Å²) < 4.78 is 0. The molecule has 2 aromatic carbocycles. The molecule has 4 heteroatoms. The van der Waals surface area contributed by atoms with E-state index in [0.717, 1.165) is 30.5 Å². The highest BCUT2D eigenvalue weighted by molar-refractivity contribution is 5.88. The van der Waals surface area contributed by atoms with E-state index >= 15 is 0 Å². The summed E-state index contributed by atoms with van der Waals surface area (Å²) >= 11 is 0. The number of hydrogen-bond acceptors (Lipinski definition) is 2. The number of carbonyl (C=O) groups is 2. The third-order valence-electron chi connectivity index (χ3n) is 6.68. The molecule has 0 aromatic heterocycles. The molecule has 0 unspecified atom stereocenters. The minimum atomic E-state index is -0.340. The van der Waals surface area contributed by atoms with Crippen molar-refractivity contribution in [3.8, 4) is 0 Å². The smallest absolute Gasteiger partial charge is 0.243 e. The van der Waals surface area contributed by atoms with Gasteiger partial charge in [-0.05, 0) is 47.3 Å². The molecule has 1 N–H and O–H groups in total. The Morgan fingerprint density at radius 1 is 0.931 bits per heavy atom. The van der Waals surface area contributed by atoms with E-state index in [4.69, 9.17) is 0 Å². The molecule has 2 aromatic rings. The number of rotatable bonds is 5. The second kappa shape index (κ2) is 8.02. The number of amides is 2. The van der Waals surface area contributed by atoms with Crippen LogP contribution in [0.2, 0.25) is 0 Å². The van der Waals surface area contributed by atoms with Gasteiger partial charge in [-0.25, -0.2) is 0 Å². The van der Waals surface area contributed by atoms with Crippen LogP contribution in [-0.2, 0) is 9.59 Å². The van der Waals surface area contributed by atoms with Gasteiger partial charge < -0.3 is 10.2 Å². The minimum Gasteiger partial charge on any atom is -0.343 e. The zero-order valence-electron chi connectivity index (χ0n) is 17.5. The standard InChI is InChI=1S/C25H30N2O2/c1-16(2)18-9-11-20(12-10-18)23(19-7-5-4-6-8-19)26-25(29)24-22-14-13-21(22)15-27(24)17(3)28/h4-12,16,21-24H,13-15H2,1-3H3,(H,26,29)/t21-,22-,23-,24-/m0/s1. The van der Waals surface area contributed by atoms with Gasteiger partial charge in [-0.15, -0.1) is 0 Å². The molecule has 1 aliphatic heterocycles. The highest BCUT2D eigenvalue weighted by Crippen LogP contribution is 2.45. The molecule has 4 rings (SSSR count). The summed E-state index contributed by atoms with van der Waals surface area (Å²) in [6.45, 7) is 6.65. The summed E-state index contributed by atoms with van der Waals surface area (Å²) in [5, 5.41) is 3.28. The zero-order valence-corrected chi connectivity index (χ0v) is 17.5. The van der Waals surface area contributed by atoms with Gasteiger partial charge >= 0.3 is 0 Å². The highest BCUT2D eigenvalue weighted by Gasteiger charge is 2.51. The van der Waals surface area contributed by atoms with Crippen LogP contribution < -0.4 is 5.32 Å². The van der Waals surface area contributed by atoms with Gasteiger partial charge in [-0.2, -0.15) is 0 Å². The van der Waals surface area contributed by atoms with E-state index in [1.807, 2.05) is 30.3 Å². The Labute approximate surface area is 173 Å². The van der Waals surface area contributed by atoms with Crippen LogP contribution in [0.5, 0.6) is 0 Å². The first-order valence-corrected chi connectivity index (χ1v) is 10.7. The maximum Gasteiger partial charge on any atom is 0.243 e. The van der Waals surface area contributed by atoms with Crippen LogP contribution in [0.1, 0.15) is 62.3 Å². The molecule has 0 spiro atoms. The SMILES string of the molecule is CC(=O)N1C[C@@H]2CC[C@@H]2[C@H]1C(=O)N[C@@H](c1ccccc1)c1ccc(C(C)C)cc1. The fourth-order valence-electron chi connectivity index (χ4n) is 4.80. The summed E-state index contributed by atoms with van der Waals surface area (Å²) in [6, 6.07) is 18.0. The third-order valence-corrected chi connectivity index (χ3v) is 6.68. The largest absolute Gasteiger partial charge is 0.343 e. The molecule has 1 saturated heterocycles. The summed E-state index contributed by atoms with van der Waals surface area (Å²) in [5.41, 5.74) is 3.39. The van der Waals surface area contributed by atoms with Crippen LogP contribution in [0.3, 0.4) is 0 Å². The van der Waals surface area contributed by atoms with Gasteiger partial charge in [0.25, 0.3) is 0 Å². The van der Waals surface area contributed by atoms with Gasteiger partial charge in [0.2, 0.25) is 11.8 Å². The number of fused-ring (bicyclic) bond motifs is 1. The summed E-state index contributed by atoms with van der Waals surface area (Å²) in [7, 11) is 0. The van der Waals surface area contributed by atoms with Crippen molar-refractivity contribution in [2.75, 3.05) is 6.54 Å². The Bertz CT molecular complexity index is 875. The molecule has 2 aliphatic rings. The number of nitrogens with zero attached hydrogens (tertiary/aromatic N) is 1. The van der Waals surface area contributed by atoms with E-state index in [1.54, 1.807) is 11.8 Å². The number of nitrogens with one attached hydrogen (secondary N) is 1. The monoisotopic (exact) mass is 390 g/mol. The third kappa shape index (κ3) is 3.81. The minimum absolute atomic E-state index is 0.00269. The van der Waals surface area contributed by atoms with E-state index in [9.17, 15) is 9.59 Å². The average molecular weight is 391 g/mol. The number of hydrogen-bond donors (Lipinski definition) is 1. The maximum absolute atomic E-state index is 13.4. The van der Waals surface area contributed by atoms with Crippen LogP contribution >= 0.6 is 0 Å². The first-order valence-electron chi connectivity index (χ1n) is 10.7. The Kier molecular flexibility index (Phi) is 5.44. The zero-order chi connectivity index (χ0) is 20.5. The van der Waals surface area contributed by atoms with Crippen molar-refractivity contribution in [1.29, 1.82) is 0 Å². The van der Waals surface area contributed by atoms with Crippen molar-refractivity contribution in [3.63, 3.8) is 0 Å². The molecular formula is C25H30N2O2. The fraction of sp³-hybridized carbons (Fsp3) is 0.440. The van der Waals surface area contributed by atoms with Crippen molar-refractivity contribution < 1.29 is 9.59 Å². The molecule has 0 bridgehead atoms. The quantitative estimate of drug-likeness (QED) is 0.829. The van der Waals surface area contributed by atoms with Crippen LogP contribution in [-0.4, -0.2) is 29.3 Å². The van der Waals surface area contributed by atoms with Gasteiger partial charge in [0.15, 0.2) is 0 Å². The first-order chi connectivity index (χ1) is 14.0. The second-order valence-corrected chi connectivity index (χ2v) is 8.79. The summed E-state index contributed by atoms with van der Waals surface area (Å²) in [5.74, 6) is 1.21. The Morgan fingerprint density at radius 2 is 1.55 bits per heavy atom. The molecule has 1 heterocycles. The van der Waals surface area contributed by atoms with Crippen LogP contribution in [0, 0.1) is 11.8 Å². The lowest BCUT2D eigenvalue weighted by Gasteiger charge is -2.33. The van der Waals surface area contributed by atoms with Crippen LogP contribution in [0.15, 0.2) is 54.6 Å². The number of likely N-dealkylation sites (tertiary alicyclic amines) is 1. The molecule has 4 nitrogen and oxygen atoms in total. The van der Waals surface area contributed by atoms with Crippen molar-refractivity contribution in [2.45, 2.75) is 51.6 Å². The van der Waals surface area contributed by atoms with Crippen molar-refractivity contribution in [1.82, 2.24) is 10.2 Å². The highest BCUT2D eigenvalue weighted by atomic mass is 16.2. The fourth-order valence-corrected chi connectivity index (χ4v) is 4.80. The van der Waals surface area contributed by atoms with E-state index in [0.29, 0.717) is 17.8 Å². The lowest BCUT2D eigenvalue weighted by atomic mass is 9.73. The first kappa shape index (κ1) is 19.7. The normalized spacial score (nSPS) is 24.0. The van der Waals surface area contributed by atoms with Crippen molar-refractivity contribution >= 4 is 11.8 Å². The molecule has 2 fully saturated rings. The molecular weight excluding hydrogens is 360 g/mol. The summed E-state index contributed by atoms with van der Waals surface area (Å²) in [4.78, 5) is 27.3. The molecule has 4 atom stereocenters. The van der Waals surface area contributed by atoms with E-state index in [1.165, 1.54) is 5.56 Å². The van der Waals surface area contributed by atoms with Gasteiger partial charge in [0.05, 0.1) is 6.04 Å². The van der Waals surface area contributed by atoms with Gasteiger partial charge in [-0.3, -0.25) is 9.59 Å². The average Bonchev–Trinajstić information content (AvgIpc) is 2.97. The van der Waals surface area contributed by atoms with Gasteiger partial charge in [0.1, 0.15) is 6.04 Å². The molecule has 29 heavy (non-hydrogen) atoms. The Hall–Kier alpha value is -2.62. The topological polar surface area (TPSA) is 49.4 Å². The van der Waals surface area contributed by atoms with Crippen molar-refractivity contribution in [2.24, 2.45) is 11.8 Å². The summed E-state index contributed by atoms with van der Waals surface area (Å²) in [6.07, 6.45) is 2.16. The molecule has 1 aliphatic carbocycles. The Morgan fingerprint density at radius 3 is 2.10 bits per heavy atom. The number of carbonyl (C=O) groups excluding carboxylic acids is 2. The lowest BCUT2D eigenvalue weighted by molar-refractivity contribution is -0.138. The second-order valence-electron chi connectivity index (χ2n) is 8.79. The van der Waals surface area contributed by atoms with E-state index < -0.39 is 0 Å².